The highest BCUT2D eigenvalue weighted by Crippen LogP contribution is 2.49. The van der Waals surface area contributed by atoms with Crippen LogP contribution >= 0.6 is 0 Å². The highest BCUT2D eigenvalue weighted by molar-refractivity contribution is 7.90. The van der Waals surface area contributed by atoms with Gasteiger partial charge in [0.25, 0.3) is 11.8 Å². The van der Waals surface area contributed by atoms with Gasteiger partial charge in [0, 0.05) is 47.2 Å². The van der Waals surface area contributed by atoms with Crippen molar-refractivity contribution in [1.82, 2.24) is 28.9 Å². The van der Waals surface area contributed by atoms with Crippen LogP contribution in [-0.2, 0) is 16.6 Å². The molecule has 12 heteroatoms. The molecule has 9 rings (SSSR count). The molecule has 4 fully saturated rings. The molecule has 1 N–H and O–H groups in total. The maximum atomic E-state index is 14.7. The molecule has 56 heavy (non-hydrogen) atoms. The number of methoxy groups -OCH3 is 1. The zero-order valence-corrected chi connectivity index (χ0v) is 33.9. The number of hydrogen-bond donors (Lipinski definition) is 1. The molecule has 11 nitrogen and oxygen atoms in total. The highest BCUT2D eigenvalue weighted by atomic mass is 32.2. The second-order valence-corrected chi connectivity index (χ2v) is 18.9. The number of carbonyl (C=O) groups excluding carboxylic acids is 2. The number of sulfonamides is 1. The molecule has 2 saturated heterocycles. The fourth-order valence-corrected chi connectivity index (χ4v) is 11.7. The fourth-order valence-electron chi connectivity index (χ4n) is 10.3. The van der Waals surface area contributed by atoms with Crippen LogP contribution in [0.1, 0.15) is 128 Å². The van der Waals surface area contributed by atoms with Gasteiger partial charge in [0.05, 0.1) is 48.6 Å². The fraction of sp³-hybridized carbons (Fsp3) is 0.523. The van der Waals surface area contributed by atoms with Gasteiger partial charge in [-0.1, -0.05) is 46.1 Å². The van der Waals surface area contributed by atoms with Crippen LogP contribution < -0.4 is 9.46 Å². The van der Waals surface area contributed by atoms with Crippen molar-refractivity contribution in [1.29, 1.82) is 0 Å². The van der Waals surface area contributed by atoms with Crippen LogP contribution in [0.25, 0.3) is 33.8 Å². The quantitative estimate of drug-likeness (QED) is 0.178. The van der Waals surface area contributed by atoms with Crippen LogP contribution in [0.2, 0.25) is 0 Å². The van der Waals surface area contributed by atoms with Crippen LogP contribution in [0.3, 0.4) is 0 Å². The number of hydrogen-bond acceptors (Lipinski definition) is 7. The van der Waals surface area contributed by atoms with Crippen molar-refractivity contribution in [3.05, 3.63) is 70.5 Å². The van der Waals surface area contributed by atoms with Crippen LogP contribution in [0.4, 0.5) is 0 Å². The zero-order chi connectivity index (χ0) is 38.9. The summed E-state index contributed by atoms with van der Waals surface area (Å²) in [4.78, 5) is 33.0. The highest BCUT2D eigenvalue weighted by Gasteiger charge is 2.46. The lowest BCUT2D eigenvalue weighted by atomic mass is 9.81. The van der Waals surface area contributed by atoms with E-state index < -0.39 is 15.9 Å². The van der Waals surface area contributed by atoms with Gasteiger partial charge in [-0.05, 0) is 110 Å². The Morgan fingerprint density at radius 2 is 1.75 bits per heavy atom. The molecule has 4 aromatic rings. The Morgan fingerprint density at radius 1 is 0.946 bits per heavy atom. The maximum Gasteiger partial charge on any atom is 0.264 e. The normalized spacial score (nSPS) is 21.5. The predicted octanol–water partition coefficient (Wildman–Crippen LogP) is 7.47. The van der Waals surface area contributed by atoms with Gasteiger partial charge in [-0.2, -0.15) is 5.10 Å². The Hall–Kier alpha value is -4.42. The van der Waals surface area contributed by atoms with Crippen LogP contribution in [-0.4, -0.2) is 89.0 Å². The Labute approximate surface area is 330 Å². The van der Waals surface area contributed by atoms with Crippen molar-refractivity contribution in [3.8, 4) is 17.0 Å². The molecule has 2 aromatic carbocycles. The topological polar surface area (TPSA) is 119 Å². The number of benzene rings is 2. The van der Waals surface area contributed by atoms with Crippen molar-refractivity contribution < 1.29 is 22.7 Å². The molecule has 0 spiro atoms. The molecule has 2 bridgehead atoms. The first-order valence-electron chi connectivity index (χ1n) is 20.8. The third-order valence-corrected chi connectivity index (χ3v) is 14.7. The third kappa shape index (κ3) is 6.46. The number of fused-ring (bicyclic) bond motifs is 7. The van der Waals surface area contributed by atoms with Gasteiger partial charge in [-0.3, -0.25) is 19.2 Å². The number of likely N-dealkylation sites (tertiary alicyclic amines) is 2. The summed E-state index contributed by atoms with van der Waals surface area (Å²) in [6.07, 6.45) is 13.9. The molecule has 0 radical (unpaired) electrons. The van der Waals surface area contributed by atoms with E-state index in [0.29, 0.717) is 29.6 Å². The van der Waals surface area contributed by atoms with Gasteiger partial charge < -0.3 is 14.2 Å². The maximum absolute atomic E-state index is 14.7. The van der Waals surface area contributed by atoms with E-state index in [1.807, 2.05) is 32.0 Å². The number of likely N-dealkylation sites (N-methyl/N-ethyl adjacent to an activating group) is 1. The molecule has 2 saturated carbocycles. The molecule has 5 aliphatic rings. The monoisotopic (exact) mass is 778 g/mol. The summed E-state index contributed by atoms with van der Waals surface area (Å²) in [5.41, 5.74) is 8.13. The third-order valence-electron chi connectivity index (χ3n) is 13.1. The second-order valence-electron chi connectivity index (χ2n) is 17.2. The Kier molecular flexibility index (Phi) is 9.63. The number of nitrogens with zero attached hydrogens (tertiary/aromatic N) is 5. The Balaban J connectivity index is 1.22. The smallest absolute Gasteiger partial charge is 0.264 e. The minimum absolute atomic E-state index is 0.0480. The molecular formula is C44H54N6O5S. The summed E-state index contributed by atoms with van der Waals surface area (Å²) in [6.45, 7) is 8.93. The summed E-state index contributed by atoms with van der Waals surface area (Å²) in [6, 6.07) is 12.7. The second kappa shape index (κ2) is 14.5. The largest absolute Gasteiger partial charge is 0.497 e. The van der Waals surface area contributed by atoms with Crippen LogP contribution in [0.5, 0.6) is 5.75 Å². The summed E-state index contributed by atoms with van der Waals surface area (Å²) in [5, 5.41) is 6.06. The van der Waals surface area contributed by atoms with Crippen molar-refractivity contribution in [2.45, 2.75) is 109 Å². The van der Waals surface area contributed by atoms with E-state index in [4.69, 9.17) is 9.84 Å². The number of aromatic nitrogens is 3. The number of piperazine rings is 1. The number of rotatable bonds is 10. The van der Waals surface area contributed by atoms with E-state index >= 15 is 0 Å². The van der Waals surface area contributed by atoms with E-state index in [-0.39, 0.29) is 29.7 Å². The molecular weight excluding hydrogens is 725 g/mol. The van der Waals surface area contributed by atoms with Crippen molar-refractivity contribution >= 4 is 44.4 Å². The first kappa shape index (κ1) is 37.2. The van der Waals surface area contributed by atoms with Crippen LogP contribution in [0, 0.1) is 5.92 Å². The van der Waals surface area contributed by atoms with E-state index in [9.17, 15) is 18.0 Å². The standard InChI is InChI=1S/C44H54N6O5S/c1-5-47-24-34-21-33(47)25-48(34)44(52)38-22-45-50(32-12-9-13-32)41(38)31-18-30-19-35(55-4)15-17-36(30)42-40(28-10-7-6-8-11-28)37-16-14-29(20-39(37)49(42)23-31)43(51)46-56(53,54)26-27(2)3/h14-20,22,27-28,32-34H,5-13,21,23-26H2,1-4H3,(H,46,51). The predicted molar refractivity (Wildman–Crippen MR) is 219 cm³/mol. The SMILES string of the molecule is CCN1CC2CC1CN2C(=O)c1cnn(C2CCC2)c1C1=Cc2cc(OC)ccc2-c2c(C3CCCCC3)c3ccc(C(=O)NS(=O)(=O)CC(C)C)cc3n2C1. The summed E-state index contributed by atoms with van der Waals surface area (Å²) >= 11 is 0. The average molecular weight is 779 g/mol. The van der Waals surface area contributed by atoms with Crippen molar-refractivity contribution in [2.75, 3.05) is 32.5 Å². The summed E-state index contributed by atoms with van der Waals surface area (Å²) in [5.74, 6) is 0.245. The summed E-state index contributed by atoms with van der Waals surface area (Å²) in [7, 11) is -2.13. The lowest BCUT2D eigenvalue weighted by Gasteiger charge is -2.34. The summed E-state index contributed by atoms with van der Waals surface area (Å²) < 4.78 is 38.4. The minimum atomic E-state index is -3.82. The molecule has 2 unspecified atom stereocenters. The van der Waals surface area contributed by atoms with E-state index in [1.165, 1.54) is 12.0 Å². The first-order chi connectivity index (χ1) is 27.0. The minimum Gasteiger partial charge on any atom is -0.497 e. The van der Waals surface area contributed by atoms with Crippen molar-refractivity contribution in [2.24, 2.45) is 5.92 Å². The van der Waals surface area contributed by atoms with E-state index in [2.05, 4.69) is 48.9 Å². The number of carbonyl (C=O) groups is 2. The number of nitrogens with one attached hydrogen (secondary N) is 1. The van der Waals surface area contributed by atoms with Gasteiger partial charge in [0.15, 0.2) is 0 Å². The Bertz CT molecular complexity index is 2350. The van der Waals surface area contributed by atoms with Gasteiger partial charge in [0.1, 0.15) is 5.75 Å². The van der Waals surface area contributed by atoms with Crippen molar-refractivity contribution in [3.63, 3.8) is 0 Å². The molecule has 2 atom stereocenters. The Morgan fingerprint density at radius 3 is 2.43 bits per heavy atom. The lowest BCUT2D eigenvalue weighted by Crippen LogP contribution is -2.48. The molecule has 3 aliphatic heterocycles. The molecule has 5 heterocycles. The molecule has 2 amide bonds. The van der Waals surface area contributed by atoms with Gasteiger partial charge in [-0.25, -0.2) is 13.1 Å². The molecule has 2 aromatic heterocycles. The zero-order valence-electron chi connectivity index (χ0n) is 33.1. The number of ether oxygens (including phenoxy) is 1. The first-order valence-corrected chi connectivity index (χ1v) is 22.4. The van der Waals surface area contributed by atoms with Gasteiger partial charge >= 0.3 is 0 Å². The lowest BCUT2D eigenvalue weighted by molar-refractivity contribution is 0.0630. The molecule has 296 valence electrons. The number of amides is 2. The van der Waals surface area contributed by atoms with Gasteiger partial charge in [0.2, 0.25) is 10.0 Å². The average Bonchev–Trinajstić information content (AvgIpc) is 3.93. The van der Waals surface area contributed by atoms with Crippen LogP contribution in [0.15, 0.2) is 42.6 Å². The molecule has 2 aliphatic carbocycles. The number of allylic oxidation sites excluding steroid dienone is 1. The van der Waals surface area contributed by atoms with E-state index in [0.717, 1.165) is 116 Å². The van der Waals surface area contributed by atoms with Gasteiger partial charge in [-0.15, -0.1) is 0 Å². The van der Waals surface area contributed by atoms with E-state index in [1.54, 1.807) is 19.4 Å².